The zero-order valence-electron chi connectivity index (χ0n) is 14.8. The van der Waals surface area contributed by atoms with Crippen molar-refractivity contribution in [3.8, 4) is 11.4 Å². The largest absolute Gasteiger partial charge is 0.376 e. The van der Waals surface area contributed by atoms with Crippen LogP contribution in [0.2, 0.25) is 5.02 Å². The number of carbonyl (C=O) groups is 1. The minimum Gasteiger partial charge on any atom is -0.376 e. The highest BCUT2D eigenvalue weighted by atomic mass is 35.5. The van der Waals surface area contributed by atoms with Gasteiger partial charge in [-0.3, -0.25) is 4.79 Å². The van der Waals surface area contributed by atoms with Gasteiger partial charge in [-0.15, -0.1) is 0 Å². The highest BCUT2D eigenvalue weighted by molar-refractivity contribution is 6.30. The van der Waals surface area contributed by atoms with Gasteiger partial charge in [0.15, 0.2) is 0 Å². The molecule has 3 heterocycles. The summed E-state index contributed by atoms with van der Waals surface area (Å²) in [6, 6.07) is 7.67. The number of hydrogen-bond donors (Lipinski definition) is 1. The summed E-state index contributed by atoms with van der Waals surface area (Å²) in [7, 11) is 0. The van der Waals surface area contributed by atoms with E-state index < -0.39 is 0 Å². The van der Waals surface area contributed by atoms with E-state index in [0.29, 0.717) is 17.3 Å². The van der Waals surface area contributed by atoms with Gasteiger partial charge in [0, 0.05) is 30.3 Å². The monoisotopic (exact) mass is 373 g/mol. The summed E-state index contributed by atoms with van der Waals surface area (Å²) in [4.78, 5) is 17.6. The van der Waals surface area contributed by atoms with Crippen LogP contribution in [0.15, 0.2) is 24.3 Å². The lowest BCUT2D eigenvalue weighted by molar-refractivity contribution is 0.0853. The van der Waals surface area contributed by atoms with E-state index in [2.05, 4.69) is 9.88 Å². The molecule has 26 heavy (non-hydrogen) atoms. The number of carbonyl (C=O) groups excluding carboxylic acids is 1. The van der Waals surface area contributed by atoms with Crippen molar-refractivity contribution in [1.82, 2.24) is 14.9 Å². The molecule has 0 saturated carbocycles. The highest BCUT2D eigenvalue weighted by Crippen LogP contribution is 2.28. The Morgan fingerprint density at radius 1 is 1.23 bits per heavy atom. The van der Waals surface area contributed by atoms with Crippen LogP contribution < -0.4 is 5.32 Å². The fourth-order valence-corrected chi connectivity index (χ4v) is 3.94. The molecule has 1 aromatic heterocycles. The summed E-state index contributed by atoms with van der Waals surface area (Å²) in [6.45, 7) is 2.25. The maximum absolute atomic E-state index is 12.8. The summed E-state index contributed by atoms with van der Waals surface area (Å²) in [5.74, 6) is 0.771. The van der Waals surface area contributed by atoms with E-state index in [1.807, 2.05) is 24.3 Å². The van der Waals surface area contributed by atoms with E-state index in [4.69, 9.17) is 21.3 Å². The number of amides is 1. The van der Waals surface area contributed by atoms with E-state index >= 15 is 0 Å². The molecule has 0 aliphatic carbocycles. The highest BCUT2D eigenvalue weighted by Gasteiger charge is 2.25. The number of hydrogen-bond acceptors (Lipinski definition) is 3. The van der Waals surface area contributed by atoms with Crippen LogP contribution in [-0.2, 0) is 17.7 Å². The minimum atomic E-state index is -0.0913. The summed E-state index contributed by atoms with van der Waals surface area (Å²) >= 11 is 6.02. The van der Waals surface area contributed by atoms with Crippen LogP contribution in [0.1, 0.15) is 48.3 Å². The van der Waals surface area contributed by atoms with Crippen molar-refractivity contribution in [1.29, 1.82) is 0 Å². The zero-order valence-corrected chi connectivity index (χ0v) is 15.6. The first-order valence-corrected chi connectivity index (χ1v) is 9.85. The standard InChI is InChI=1S/C20H24ClN3O2/c21-15-9-7-14(8-10-15)19-23-18(17-6-2-1-3-11-24(17)19)20(25)22-13-16-5-4-12-26-16/h7-10,16H,1-6,11-13H2,(H,22,25)/t16-/m0/s1. The molecular weight excluding hydrogens is 350 g/mol. The lowest BCUT2D eigenvalue weighted by atomic mass is 10.1. The first-order valence-electron chi connectivity index (χ1n) is 9.47. The van der Waals surface area contributed by atoms with Crippen LogP contribution in [0.3, 0.4) is 0 Å². The Morgan fingerprint density at radius 2 is 2.08 bits per heavy atom. The number of aromatic nitrogens is 2. The van der Waals surface area contributed by atoms with E-state index in [9.17, 15) is 4.79 Å². The first-order chi connectivity index (χ1) is 12.7. The number of rotatable bonds is 4. The van der Waals surface area contributed by atoms with Crippen molar-refractivity contribution in [2.24, 2.45) is 0 Å². The third-order valence-electron chi connectivity index (χ3n) is 5.20. The third-order valence-corrected chi connectivity index (χ3v) is 5.45. The van der Waals surface area contributed by atoms with Gasteiger partial charge in [0.1, 0.15) is 11.5 Å². The van der Waals surface area contributed by atoms with Gasteiger partial charge < -0.3 is 14.6 Å². The summed E-state index contributed by atoms with van der Waals surface area (Å²) in [5.41, 5.74) is 2.61. The number of halogens is 1. The molecule has 1 amide bonds. The van der Waals surface area contributed by atoms with Gasteiger partial charge in [-0.1, -0.05) is 18.0 Å². The van der Waals surface area contributed by atoms with Crippen LogP contribution in [0.4, 0.5) is 0 Å². The third kappa shape index (κ3) is 3.64. The van der Waals surface area contributed by atoms with Gasteiger partial charge >= 0.3 is 0 Å². The Labute approximate surface area is 158 Å². The van der Waals surface area contributed by atoms with Gasteiger partial charge in [0.25, 0.3) is 5.91 Å². The van der Waals surface area contributed by atoms with Gasteiger partial charge in [-0.2, -0.15) is 0 Å². The lowest BCUT2D eigenvalue weighted by Gasteiger charge is -2.11. The predicted octanol–water partition coefficient (Wildman–Crippen LogP) is 3.84. The van der Waals surface area contributed by atoms with Crippen molar-refractivity contribution >= 4 is 17.5 Å². The summed E-state index contributed by atoms with van der Waals surface area (Å²) in [6.07, 6.45) is 6.50. The van der Waals surface area contributed by atoms with Crippen molar-refractivity contribution in [3.05, 3.63) is 40.7 Å². The van der Waals surface area contributed by atoms with Crippen LogP contribution >= 0.6 is 11.6 Å². The molecule has 0 bridgehead atoms. The Bertz CT molecular complexity index is 779. The normalized spacial score (nSPS) is 19.8. The average molecular weight is 374 g/mol. The van der Waals surface area contributed by atoms with E-state index in [1.54, 1.807) is 0 Å². The van der Waals surface area contributed by atoms with Crippen LogP contribution in [0.25, 0.3) is 11.4 Å². The molecule has 1 fully saturated rings. The lowest BCUT2D eigenvalue weighted by Crippen LogP contribution is -2.32. The molecule has 0 radical (unpaired) electrons. The molecule has 0 unspecified atom stereocenters. The van der Waals surface area contributed by atoms with Crippen molar-refractivity contribution in [3.63, 3.8) is 0 Å². The molecule has 1 aromatic carbocycles. The molecule has 0 spiro atoms. The van der Waals surface area contributed by atoms with E-state index in [0.717, 1.165) is 62.3 Å². The number of ether oxygens (including phenoxy) is 1. The molecule has 4 rings (SSSR count). The fraction of sp³-hybridized carbons (Fsp3) is 0.500. The molecule has 1 atom stereocenters. The second-order valence-electron chi connectivity index (χ2n) is 7.04. The number of imidazole rings is 1. The Kier molecular flexibility index (Phi) is 5.27. The van der Waals surface area contributed by atoms with Crippen LogP contribution in [-0.4, -0.2) is 34.7 Å². The molecule has 6 heteroatoms. The Morgan fingerprint density at radius 3 is 2.85 bits per heavy atom. The molecular formula is C20H24ClN3O2. The van der Waals surface area contributed by atoms with Gasteiger partial charge in [0.2, 0.25) is 0 Å². The van der Waals surface area contributed by atoms with Gasteiger partial charge in [-0.05, 0) is 56.4 Å². The van der Waals surface area contributed by atoms with E-state index in [1.165, 1.54) is 6.42 Å². The molecule has 5 nitrogen and oxygen atoms in total. The predicted molar refractivity (Wildman–Crippen MR) is 102 cm³/mol. The van der Waals surface area contributed by atoms with Crippen molar-refractivity contribution in [2.75, 3.05) is 13.2 Å². The van der Waals surface area contributed by atoms with Crippen LogP contribution in [0.5, 0.6) is 0 Å². The molecule has 138 valence electrons. The number of benzene rings is 1. The average Bonchev–Trinajstić information content (AvgIpc) is 3.23. The van der Waals surface area contributed by atoms with Gasteiger partial charge in [-0.25, -0.2) is 4.98 Å². The second kappa shape index (κ2) is 7.80. The summed E-state index contributed by atoms with van der Waals surface area (Å²) < 4.78 is 7.82. The molecule has 1 N–H and O–H groups in total. The van der Waals surface area contributed by atoms with Crippen molar-refractivity contribution < 1.29 is 9.53 Å². The quantitative estimate of drug-likeness (QED) is 0.885. The Balaban J connectivity index is 1.63. The first kappa shape index (κ1) is 17.6. The second-order valence-corrected chi connectivity index (χ2v) is 7.48. The molecule has 2 aromatic rings. The molecule has 2 aliphatic rings. The molecule has 1 saturated heterocycles. The number of nitrogens with one attached hydrogen (secondary N) is 1. The van der Waals surface area contributed by atoms with E-state index in [-0.39, 0.29) is 12.0 Å². The van der Waals surface area contributed by atoms with Gasteiger partial charge in [0.05, 0.1) is 11.8 Å². The van der Waals surface area contributed by atoms with Crippen LogP contribution in [0, 0.1) is 0 Å². The maximum Gasteiger partial charge on any atom is 0.271 e. The number of nitrogens with zero attached hydrogens (tertiary/aromatic N) is 2. The smallest absolute Gasteiger partial charge is 0.271 e. The minimum absolute atomic E-state index is 0.0913. The van der Waals surface area contributed by atoms with Crippen molar-refractivity contribution in [2.45, 2.75) is 51.2 Å². The SMILES string of the molecule is O=C(NC[C@@H]1CCCO1)c1nc(-c2ccc(Cl)cc2)n2c1CCCCC2. The zero-order chi connectivity index (χ0) is 17.9. The Hall–Kier alpha value is -1.85. The maximum atomic E-state index is 12.8. The fourth-order valence-electron chi connectivity index (χ4n) is 3.82. The number of fused-ring (bicyclic) bond motifs is 1. The topological polar surface area (TPSA) is 56.1 Å². The summed E-state index contributed by atoms with van der Waals surface area (Å²) in [5, 5.41) is 3.72. The molecule has 2 aliphatic heterocycles.